The number of aromatic nitrogens is 4. The van der Waals surface area contributed by atoms with Gasteiger partial charge in [-0.2, -0.15) is 4.80 Å². The lowest BCUT2D eigenvalue weighted by atomic mass is 10.2. The molecule has 3 rings (SSSR count). The second kappa shape index (κ2) is 8.11. The minimum atomic E-state index is -0.985. The number of benzene rings is 2. The zero-order valence-corrected chi connectivity index (χ0v) is 14.7. The van der Waals surface area contributed by atoms with Crippen molar-refractivity contribution in [1.29, 1.82) is 0 Å². The number of rotatable bonds is 7. The number of hydrogen-bond donors (Lipinski definition) is 2. The molecule has 0 aliphatic rings. The summed E-state index contributed by atoms with van der Waals surface area (Å²) in [5.41, 5.74) is 6.40. The second-order valence-corrected chi connectivity index (χ2v) is 6.14. The molecular formula is C17H15ClFN5O3. The van der Waals surface area contributed by atoms with Crippen molar-refractivity contribution in [2.45, 2.75) is 19.0 Å². The lowest BCUT2D eigenvalue weighted by Gasteiger charge is -2.07. The molecule has 1 aromatic heterocycles. The van der Waals surface area contributed by atoms with E-state index in [0.717, 1.165) is 0 Å². The Hall–Kier alpha value is -3.04. The van der Waals surface area contributed by atoms with E-state index in [1.807, 2.05) is 0 Å². The van der Waals surface area contributed by atoms with E-state index in [1.54, 1.807) is 24.3 Å². The molecule has 3 aromatic rings. The van der Waals surface area contributed by atoms with Gasteiger partial charge in [0.25, 0.3) is 0 Å². The monoisotopic (exact) mass is 391 g/mol. The van der Waals surface area contributed by atoms with Crippen LogP contribution in [0.4, 0.5) is 4.39 Å². The summed E-state index contributed by atoms with van der Waals surface area (Å²) in [6, 6.07) is 10.3. The van der Waals surface area contributed by atoms with Gasteiger partial charge in [0.15, 0.2) is 0 Å². The quantitative estimate of drug-likeness (QED) is 0.636. The third-order valence-electron chi connectivity index (χ3n) is 3.53. The summed E-state index contributed by atoms with van der Waals surface area (Å²) in [6.07, 6.45) is -0.184. The number of halogens is 2. The molecule has 1 atom stereocenters. The lowest BCUT2D eigenvalue weighted by Crippen LogP contribution is -2.30. The van der Waals surface area contributed by atoms with Gasteiger partial charge >= 0.3 is 5.97 Å². The van der Waals surface area contributed by atoms with Gasteiger partial charge < -0.3 is 15.6 Å². The fraction of sp³-hybridized carbons (Fsp3) is 0.176. The van der Waals surface area contributed by atoms with Crippen LogP contribution in [0.3, 0.4) is 0 Å². The number of ether oxygens (including phenoxy) is 1. The van der Waals surface area contributed by atoms with E-state index < -0.39 is 17.8 Å². The largest absolute Gasteiger partial charge is 0.481 e. The molecule has 0 spiro atoms. The summed E-state index contributed by atoms with van der Waals surface area (Å²) < 4.78 is 18.8. The van der Waals surface area contributed by atoms with Gasteiger partial charge in [0.05, 0.1) is 18.0 Å². The number of carbonyl (C=O) groups is 1. The molecule has 0 aliphatic carbocycles. The Balaban J connectivity index is 1.66. The molecule has 0 aliphatic heterocycles. The molecule has 0 fully saturated rings. The topological polar surface area (TPSA) is 116 Å². The molecule has 2 aromatic carbocycles. The van der Waals surface area contributed by atoms with Crippen LogP contribution in [-0.2, 0) is 11.3 Å². The molecule has 0 saturated heterocycles. The summed E-state index contributed by atoms with van der Waals surface area (Å²) in [7, 11) is 0. The van der Waals surface area contributed by atoms with Gasteiger partial charge in [-0.25, -0.2) is 4.39 Å². The highest BCUT2D eigenvalue weighted by atomic mass is 35.5. The normalized spacial score (nSPS) is 12.0. The Kier molecular flexibility index (Phi) is 5.63. The molecule has 1 heterocycles. The lowest BCUT2D eigenvalue weighted by molar-refractivity contribution is -0.137. The molecule has 27 heavy (non-hydrogen) atoms. The summed E-state index contributed by atoms with van der Waals surface area (Å²) >= 11 is 5.73. The third kappa shape index (κ3) is 4.99. The van der Waals surface area contributed by atoms with E-state index in [4.69, 9.17) is 27.2 Å². The molecule has 0 radical (unpaired) electrons. The molecule has 0 unspecified atom stereocenters. The van der Waals surface area contributed by atoms with E-state index in [-0.39, 0.29) is 18.0 Å². The first kappa shape index (κ1) is 18.7. The number of hydrogen-bond acceptors (Lipinski definition) is 6. The van der Waals surface area contributed by atoms with Crippen molar-refractivity contribution in [3.05, 3.63) is 53.3 Å². The first-order chi connectivity index (χ1) is 12.9. The van der Waals surface area contributed by atoms with Crippen molar-refractivity contribution in [2.75, 3.05) is 0 Å². The molecule has 140 valence electrons. The van der Waals surface area contributed by atoms with Crippen molar-refractivity contribution in [1.82, 2.24) is 20.2 Å². The Morgan fingerprint density at radius 3 is 2.63 bits per heavy atom. The summed E-state index contributed by atoms with van der Waals surface area (Å²) in [5, 5.41) is 20.7. The Bertz CT molecular complexity index is 948. The van der Waals surface area contributed by atoms with Gasteiger partial charge in [0.1, 0.15) is 17.3 Å². The number of nitrogens with zero attached hydrogens (tertiary/aromatic N) is 4. The minimum Gasteiger partial charge on any atom is -0.481 e. The maximum absolute atomic E-state index is 13.2. The number of nitrogens with two attached hydrogens (primary N) is 1. The van der Waals surface area contributed by atoms with E-state index in [9.17, 15) is 9.18 Å². The zero-order chi connectivity index (χ0) is 19.4. The third-order valence-corrected chi connectivity index (χ3v) is 3.82. The average Bonchev–Trinajstić information content (AvgIpc) is 3.06. The fourth-order valence-corrected chi connectivity index (χ4v) is 2.45. The van der Waals surface area contributed by atoms with Gasteiger partial charge in [-0.05, 0) is 41.6 Å². The zero-order valence-electron chi connectivity index (χ0n) is 13.9. The minimum absolute atomic E-state index is 0.0222. The summed E-state index contributed by atoms with van der Waals surface area (Å²) in [4.78, 5) is 11.9. The van der Waals surface area contributed by atoms with E-state index in [2.05, 4.69) is 15.4 Å². The maximum atomic E-state index is 13.2. The summed E-state index contributed by atoms with van der Waals surface area (Å²) in [6.45, 7) is 0.145. The molecule has 0 amide bonds. The van der Waals surface area contributed by atoms with Crippen molar-refractivity contribution in [3.8, 4) is 22.9 Å². The van der Waals surface area contributed by atoms with Gasteiger partial charge in [0, 0.05) is 17.7 Å². The van der Waals surface area contributed by atoms with Gasteiger partial charge in [-0.15, -0.1) is 10.2 Å². The predicted octanol–water partition coefficient (Wildman–Crippen LogP) is 2.73. The molecular weight excluding hydrogens is 377 g/mol. The van der Waals surface area contributed by atoms with Crippen molar-refractivity contribution < 1.29 is 19.0 Å². The second-order valence-electron chi connectivity index (χ2n) is 5.73. The molecule has 8 nitrogen and oxygen atoms in total. The van der Waals surface area contributed by atoms with Crippen molar-refractivity contribution >= 4 is 17.6 Å². The number of tetrazole rings is 1. The number of carboxylic acids is 1. The van der Waals surface area contributed by atoms with E-state index in [0.29, 0.717) is 22.9 Å². The van der Waals surface area contributed by atoms with Gasteiger partial charge in [-0.1, -0.05) is 11.6 Å². The van der Waals surface area contributed by atoms with Crippen LogP contribution in [0, 0.1) is 5.82 Å². The molecule has 0 saturated carbocycles. The highest BCUT2D eigenvalue weighted by molar-refractivity contribution is 6.30. The van der Waals surface area contributed by atoms with Crippen LogP contribution in [0.2, 0.25) is 5.02 Å². The smallest absolute Gasteiger partial charge is 0.304 e. The Morgan fingerprint density at radius 2 is 1.96 bits per heavy atom. The first-order valence-corrected chi connectivity index (χ1v) is 8.27. The molecule has 3 N–H and O–H groups in total. The molecule has 10 heteroatoms. The van der Waals surface area contributed by atoms with Crippen molar-refractivity contribution in [2.24, 2.45) is 5.73 Å². The standard InChI is InChI=1S/C17H15ClFN5O3/c18-14-8-13(5-6-15(14)19)27-12-3-1-10(2-4-12)17-21-23-24(22-17)9-11(20)7-16(25)26/h1-6,8,11H,7,9,20H2,(H,25,26)/t11-/m1/s1. The first-order valence-electron chi connectivity index (χ1n) is 7.89. The van der Waals surface area contributed by atoms with Crippen LogP contribution in [0.1, 0.15) is 6.42 Å². The van der Waals surface area contributed by atoms with Crippen LogP contribution in [0.5, 0.6) is 11.5 Å². The van der Waals surface area contributed by atoms with Crippen LogP contribution >= 0.6 is 11.6 Å². The predicted molar refractivity (Wildman–Crippen MR) is 95.0 cm³/mol. The number of aliphatic carboxylic acids is 1. The highest BCUT2D eigenvalue weighted by Gasteiger charge is 2.12. The Morgan fingerprint density at radius 1 is 1.26 bits per heavy atom. The Labute approximate surface area is 158 Å². The highest BCUT2D eigenvalue weighted by Crippen LogP contribution is 2.27. The van der Waals surface area contributed by atoms with E-state index in [1.165, 1.54) is 23.0 Å². The van der Waals surface area contributed by atoms with Crippen LogP contribution in [-0.4, -0.2) is 37.3 Å². The fourth-order valence-electron chi connectivity index (χ4n) is 2.28. The average molecular weight is 392 g/mol. The number of carboxylic acid groups (broad SMARTS) is 1. The van der Waals surface area contributed by atoms with Crippen molar-refractivity contribution in [3.63, 3.8) is 0 Å². The summed E-state index contributed by atoms with van der Waals surface area (Å²) in [5.74, 6) is -0.200. The van der Waals surface area contributed by atoms with Crippen LogP contribution in [0.15, 0.2) is 42.5 Å². The SMILES string of the molecule is N[C@H](CC(=O)O)Cn1nnc(-c2ccc(Oc3ccc(F)c(Cl)c3)cc2)n1. The van der Waals surface area contributed by atoms with Gasteiger partial charge in [-0.3, -0.25) is 4.79 Å². The van der Waals surface area contributed by atoms with Crippen LogP contribution < -0.4 is 10.5 Å². The van der Waals surface area contributed by atoms with Gasteiger partial charge in [0.2, 0.25) is 5.82 Å². The van der Waals surface area contributed by atoms with Crippen LogP contribution in [0.25, 0.3) is 11.4 Å². The maximum Gasteiger partial charge on any atom is 0.304 e. The molecule has 0 bridgehead atoms. The van der Waals surface area contributed by atoms with E-state index >= 15 is 0 Å².